The quantitative estimate of drug-likeness (QED) is 0.318. The molecule has 1 saturated carbocycles. The first-order chi connectivity index (χ1) is 17.8. The molecule has 4 rings (SSSR count). The number of aromatic hydroxyl groups is 1. The van der Waals surface area contributed by atoms with Crippen LogP contribution < -0.4 is 10.1 Å². The molecular weight excluding hydrogens is 468 g/mol. The number of nitrogens with one attached hydrogen (secondary N) is 1. The number of ether oxygens (including phenoxy) is 2. The Labute approximate surface area is 218 Å². The third-order valence-electron chi connectivity index (χ3n) is 7.69. The van der Waals surface area contributed by atoms with E-state index in [-0.39, 0.29) is 23.7 Å². The van der Waals surface area contributed by atoms with Crippen LogP contribution in [0.2, 0.25) is 0 Å². The molecule has 0 unspecified atom stereocenters. The van der Waals surface area contributed by atoms with Crippen molar-refractivity contribution in [2.45, 2.75) is 49.7 Å². The summed E-state index contributed by atoms with van der Waals surface area (Å²) in [4.78, 5) is 27.6. The molecule has 2 aliphatic rings. The number of fused-ring (bicyclic) bond motifs is 1. The maximum absolute atomic E-state index is 12.9. The smallest absolute Gasteiger partial charge is 0.303 e. The van der Waals surface area contributed by atoms with Crippen molar-refractivity contribution in [3.8, 4) is 11.5 Å². The van der Waals surface area contributed by atoms with Gasteiger partial charge in [0.25, 0.3) is 0 Å². The highest BCUT2D eigenvalue weighted by atomic mass is 16.6. The molecule has 1 amide bonds. The summed E-state index contributed by atoms with van der Waals surface area (Å²) < 4.78 is 11.5. The number of carbonyl (C=O) groups is 2. The van der Waals surface area contributed by atoms with E-state index >= 15 is 0 Å². The van der Waals surface area contributed by atoms with Crippen molar-refractivity contribution in [3.63, 3.8) is 0 Å². The molecule has 1 saturated heterocycles. The molecule has 0 spiro atoms. The van der Waals surface area contributed by atoms with Crippen LogP contribution in [0.1, 0.15) is 43.7 Å². The molecule has 37 heavy (non-hydrogen) atoms. The second kappa shape index (κ2) is 11.2. The molecule has 0 bridgehead atoms. The second-order valence-electron chi connectivity index (χ2n) is 10.1. The van der Waals surface area contributed by atoms with E-state index in [2.05, 4.69) is 16.8 Å². The number of likely N-dealkylation sites (tertiary alicyclic amines) is 1. The van der Waals surface area contributed by atoms with Gasteiger partial charge in [0.2, 0.25) is 5.91 Å². The number of methoxy groups -OCH3 is 1. The Morgan fingerprint density at radius 3 is 2.76 bits per heavy atom. The van der Waals surface area contributed by atoms with Gasteiger partial charge in [0.1, 0.15) is 17.1 Å². The largest absolute Gasteiger partial charge is 0.508 e. The van der Waals surface area contributed by atoms with Crippen LogP contribution in [0.15, 0.2) is 67.3 Å². The minimum absolute atomic E-state index is 0.112. The Kier molecular flexibility index (Phi) is 8.03. The number of rotatable bonds is 8. The molecule has 2 aromatic carbocycles. The summed E-state index contributed by atoms with van der Waals surface area (Å²) in [5.41, 5.74) is 0.476. The molecule has 0 aromatic heterocycles. The van der Waals surface area contributed by atoms with Crippen LogP contribution >= 0.6 is 0 Å². The molecule has 0 radical (unpaired) electrons. The summed E-state index contributed by atoms with van der Waals surface area (Å²) in [6.45, 7) is 7.40. The number of esters is 1. The van der Waals surface area contributed by atoms with Crippen LogP contribution in [0.4, 0.5) is 0 Å². The first-order valence-corrected chi connectivity index (χ1v) is 12.7. The second-order valence-corrected chi connectivity index (χ2v) is 10.1. The average molecular weight is 505 g/mol. The summed E-state index contributed by atoms with van der Waals surface area (Å²) in [7, 11) is 1.61. The van der Waals surface area contributed by atoms with Gasteiger partial charge in [-0.25, -0.2) is 0 Å². The Balaban J connectivity index is 1.62. The van der Waals surface area contributed by atoms with E-state index in [4.69, 9.17) is 9.47 Å². The zero-order valence-corrected chi connectivity index (χ0v) is 21.6. The van der Waals surface area contributed by atoms with E-state index in [0.717, 1.165) is 29.8 Å². The molecule has 196 valence electrons. The number of hydrogen-bond donors (Lipinski definition) is 2. The first-order valence-electron chi connectivity index (χ1n) is 12.7. The number of phenolic OH excluding ortho intramolecular Hbond substituents is 1. The molecule has 3 atom stereocenters. The van der Waals surface area contributed by atoms with Crippen LogP contribution in [-0.2, 0) is 19.7 Å². The van der Waals surface area contributed by atoms with Gasteiger partial charge >= 0.3 is 5.97 Å². The van der Waals surface area contributed by atoms with Crippen molar-refractivity contribution in [1.29, 1.82) is 0 Å². The SMILES string of the molecule is C=CCN1CC[C@@]2(c3cccc(O)c3)C[C@@H](NC(=O)C=Cc3cccc(OC)c3)CC[C@]2(OC(C)=O)C1. The zero-order valence-electron chi connectivity index (χ0n) is 21.6. The summed E-state index contributed by atoms with van der Waals surface area (Å²) in [5, 5.41) is 13.5. The Bertz CT molecular complexity index is 1180. The fourth-order valence-corrected chi connectivity index (χ4v) is 6.12. The van der Waals surface area contributed by atoms with E-state index in [0.29, 0.717) is 32.4 Å². The zero-order chi connectivity index (χ0) is 26.5. The molecule has 2 aromatic rings. The Hall–Kier alpha value is -3.58. The van der Waals surface area contributed by atoms with Crippen LogP contribution in [0.5, 0.6) is 11.5 Å². The topological polar surface area (TPSA) is 88.1 Å². The standard InChI is InChI=1S/C30H36N2O5/c1-4-16-32-17-15-29(24-8-6-9-26(34)19-24)20-25(13-14-30(29,21-32)37-22(2)33)31-28(35)12-11-23-7-5-10-27(18-23)36-3/h4-12,18-19,25,34H,1,13-17,20-21H2,2-3H3,(H,31,35)/t25-,29-,30-/m0/s1. The van der Waals surface area contributed by atoms with Gasteiger partial charge in [-0.3, -0.25) is 14.5 Å². The van der Waals surface area contributed by atoms with Gasteiger partial charge in [0.15, 0.2) is 0 Å². The van der Waals surface area contributed by atoms with E-state index < -0.39 is 11.0 Å². The molecule has 7 nitrogen and oxygen atoms in total. The fourth-order valence-electron chi connectivity index (χ4n) is 6.12. The minimum Gasteiger partial charge on any atom is -0.508 e. The first kappa shape index (κ1) is 26.5. The number of phenols is 1. The number of benzene rings is 2. The lowest BCUT2D eigenvalue weighted by atomic mass is 9.55. The molecule has 7 heteroatoms. The summed E-state index contributed by atoms with van der Waals surface area (Å²) in [5.74, 6) is 0.397. The maximum atomic E-state index is 12.9. The van der Waals surface area contributed by atoms with E-state index in [9.17, 15) is 14.7 Å². The highest BCUT2D eigenvalue weighted by molar-refractivity contribution is 5.92. The van der Waals surface area contributed by atoms with Gasteiger partial charge in [0.05, 0.1) is 7.11 Å². The van der Waals surface area contributed by atoms with Crippen molar-refractivity contribution in [2.24, 2.45) is 0 Å². The van der Waals surface area contributed by atoms with Gasteiger partial charge in [-0.2, -0.15) is 0 Å². The lowest BCUT2D eigenvalue weighted by Gasteiger charge is -2.59. The predicted octanol–water partition coefficient (Wildman–Crippen LogP) is 4.21. The Morgan fingerprint density at radius 2 is 2.03 bits per heavy atom. The lowest BCUT2D eigenvalue weighted by molar-refractivity contribution is -0.186. The number of piperidine rings is 1. The monoisotopic (exact) mass is 504 g/mol. The summed E-state index contributed by atoms with van der Waals surface area (Å²) in [6, 6.07) is 14.6. The van der Waals surface area contributed by atoms with Gasteiger partial charge in [-0.15, -0.1) is 6.58 Å². The van der Waals surface area contributed by atoms with Crippen molar-refractivity contribution >= 4 is 18.0 Å². The van der Waals surface area contributed by atoms with Gasteiger partial charge in [-0.1, -0.05) is 30.3 Å². The summed E-state index contributed by atoms with van der Waals surface area (Å²) in [6.07, 6.45) is 7.77. The average Bonchev–Trinajstić information content (AvgIpc) is 2.87. The third kappa shape index (κ3) is 5.72. The van der Waals surface area contributed by atoms with Crippen molar-refractivity contribution in [3.05, 3.63) is 78.4 Å². The van der Waals surface area contributed by atoms with Crippen molar-refractivity contribution in [2.75, 3.05) is 26.7 Å². The van der Waals surface area contributed by atoms with Gasteiger partial charge < -0.3 is 19.9 Å². The summed E-state index contributed by atoms with van der Waals surface area (Å²) >= 11 is 0. The van der Waals surface area contributed by atoms with E-state index in [1.54, 1.807) is 25.3 Å². The van der Waals surface area contributed by atoms with Crippen LogP contribution in [0.3, 0.4) is 0 Å². The predicted molar refractivity (Wildman–Crippen MR) is 143 cm³/mol. The maximum Gasteiger partial charge on any atom is 0.303 e. The van der Waals surface area contributed by atoms with Gasteiger partial charge in [0, 0.05) is 37.5 Å². The van der Waals surface area contributed by atoms with Crippen LogP contribution in [0.25, 0.3) is 6.08 Å². The molecule has 2 N–H and O–H groups in total. The van der Waals surface area contributed by atoms with Crippen LogP contribution in [-0.4, -0.2) is 60.3 Å². The highest BCUT2D eigenvalue weighted by Crippen LogP contribution is 2.54. The van der Waals surface area contributed by atoms with Crippen molar-refractivity contribution < 1.29 is 24.2 Å². The minimum atomic E-state index is -0.772. The number of carbonyl (C=O) groups excluding carboxylic acids is 2. The van der Waals surface area contributed by atoms with Crippen LogP contribution in [0, 0.1) is 0 Å². The normalized spacial score (nSPS) is 25.7. The highest BCUT2D eigenvalue weighted by Gasteiger charge is 2.60. The molecular formula is C30H36N2O5. The molecule has 2 fully saturated rings. The van der Waals surface area contributed by atoms with E-state index in [1.807, 2.05) is 42.5 Å². The third-order valence-corrected chi connectivity index (χ3v) is 7.69. The van der Waals surface area contributed by atoms with E-state index in [1.165, 1.54) is 13.0 Å². The fraction of sp³-hybridized carbons (Fsp3) is 0.400. The number of amides is 1. The van der Waals surface area contributed by atoms with Crippen molar-refractivity contribution in [1.82, 2.24) is 10.2 Å². The van der Waals surface area contributed by atoms with Gasteiger partial charge in [-0.05, 0) is 73.7 Å². The number of nitrogens with zero attached hydrogens (tertiary/aromatic N) is 1. The molecule has 1 aliphatic heterocycles. The number of hydrogen-bond acceptors (Lipinski definition) is 6. The Morgan fingerprint density at radius 1 is 1.22 bits per heavy atom. The molecule has 1 aliphatic carbocycles. The molecule has 1 heterocycles. The lowest BCUT2D eigenvalue weighted by Crippen LogP contribution is -2.68.